The zero-order chi connectivity index (χ0) is 10.4. The lowest BCUT2D eigenvalue weighted by Crippen LogP contribution is -2.10. The summed E-state index contributed by atoms with van der Waals surface area (Å²) in [5.74, 6) is 0. The molecule has 0 radical (unpaired) electrons. The highest BCUT2D eigenvalue weighted by Gasteiger charge is 1.92. The van der Waals surface area contributed by atoms with Crippen molar-refractivity contribution in [3.8, 4) is 0 Å². The van der Waals surface area contributed by atoms with Crippen LogP contribution in [0.15, 0.2) is 48.7 Å². The standard InChI is InChI=1S/C12H16N2/c1-3-12(4-2)14-9-10-5-7-11(13)8-6-10/h3-8,14H,1,9,13H2,2H3/b12-4+. The second-order valence-electron chi connectivity index (χ2n) is 3.04. The number of nitrogens with one attached hydrogen (secondary N) is 1. The third kappa shape index (κ3) is 2.98. The molecule has 3 N–H and O–H groups in total. The van der Waals surface area contributed by atoms with E-state index in [1.54, 1.807) is 6.08 Å². The van der Waals surface area contributed by atoms with E-state index in [1.165, 1.54) is 5.56 Å². The summed E-state index contributed by atoms with van der Waals surface area (Å²) in [5.41, 5.74) is 8.63. The van der Waals surface area contributed by atoms with Crippen molar-refractivity contribution in [2.24, 2.45) is 0 Å². The molecular formula is C12H16N2. The second kappa shape index (κ2) is 5.12. The summed E-state index contributed by atoms with van der Waals surface area (Å²) in [6.45, 7) is 6.48. The first-order valence-corrected chi connectivity index (χ1v) is 4.63. The third-order valence-electron chi connectivity index (χ3n) is 2.01. The van der Waals surface area contributed by atoms with Crippen molar-refractivity contribution in [2.75, 3.05) is 5.73 Å². The van der Waals surface area contributed by atoms with Gasteiger partial charge in [0.25, 0.3) is 0 Å². The van der Waals surface area contributed by atoms with Crippen molar-refractivity contribution in [1.82, 2.24) is 5.32 Å². The Balaban J connectivity index is 2.53. The van der Waals surface area contributed by atoms with Crippen LogP contribution >= 0.6 is 0 Å². The predicted molar refractivity (Wildman–Crippen MR) is 61.6 cm³/mol. The van der Waals surface area contributed by atoms with E-state index in [4.69, 9.17) is 5.73 Å². The van der Waals surface area contributed by atoms with Gasteiger partial charge in [0.1, 0.15) is 0 Å². The Bertz CT molecular complexity index is 323. The SMILES string of the molecule is C=C/C(=C\C)NCc1ccc(N)cc1. The van der Waals surface area contributed by atoms with Gasteiger partial charge in [-0.25, -0.2) is 0 Å². The van der Waals surface area contributed by atoms with Gasteiger partial charge in [-0.1, -0.05) is 24.8 Å². The Morgan fingerprint density at radius 1 is 1.43 bits per heavy atom. The second-order valence-corrected chi connectivity index (χ2v) is 3.04. The summed E-state index contributed by atoms with van der Waals surface area (Å²) < 4.78 is 0. The van der Waals surface area contributed by atoms with E-state index < -0.39 is 0 Å². The van der Waals surface area contributed by atoms with E-state index in [-0.39, 0.29) is 0 Å². The fourth-order valence-corrected chi connectivity index (χ4v) is 1.13. The zero-order valence-corrected chi connectivity index (χ0v) is 8.46. The minimum absolute atomic E-state index is 0.795. The van der Waals surface area contributed by atoms with Crippen LogP contribution in [0.4, 0.5) is 5.69 Å². The van der Waals surface area contributed by atoms with Crippen LogP contribution in [0.3, 0.4) is 0 Å². The van der Waals surface area contributed by atoms with E-state index in [9.17, 15) is 0 Å². The summed E-state index contributed by atoms with van der Waals surface area (Å²) in [6, 6.07) is 7.83. The van der Waals surface area contributed by atoms with Crippen LogP contribution in [0, 0.1) is 0 Å². The molecule has 1 rings (SSSR count). The van der Waals surface area contributed by atoms with Crippen molar-refractivity contribution in [2.45, 2.75) is 13.5 Å². The van der Waals surface area contributed by atoms with Crippen molar-refractivity contribution in [3.63, 3.8) is 0 Å². The molecule has 0 saturated carbocycles. The molecule has 0 atom stereocenters. The van der Waals surface area contributed by atoms with Crippen LogP contribution in [-0.4, -0.2) is 0 Å². The van der Waals surface area contributed by atoms with Gasteiger partial charge in [-0.15, -0.1) is 0 Å². The van der Waals surface area contributed by atoms with E-state index >= 15 is 0 Å². The Labute approximate surface area is 85.1 Å². The number of nitrogen functional groups attached to an aromatic ring is 1. The quantitative estimate of drug-likeness (QED) is 0.562. The average molecular weight is 188 g/mol. The fourth-order valence-electron chi connectivity index (χ4n) is 1.13. The summed E-state index contributed by atoms with van der Waals surface area (Å²) in [6.07, 6.45) is 3.79. The summed E-state index contributed by atoms with van der Waals surface area (Å²) >= 11 is 0. The molecule has 0 saturated heterocycles. The topological polar surface area (TPSA) is 38.0 Å². The molecular weight excluding hydrogens is 172 g/mol. The van der Waals surface area contributed by atoms with Crippen molar-refractivity contribution in [1.29, 1.82) is 0 Å². The van der Waals surface area contributed by atoms with Gasteiger partial charge < -0.3 is 11.1 Å². The number of anilines is 1. The van der Waals surface area contributed by atoms with Crippen LogP contribution in [0.1, 0.15) is 12.5 Å². The summed E-state index contributed by atoms with van der Waals surface area (Å²) in [4.78, 5) is 0. The molecule has 2 heteroatoms. The average Bonchev–Trinajstić information content (AvgIpc) is 2.22. The first-order valence-electron chi connectivity index (χ1n) is 4.63. The number of benzene rings is 1. The molecule has 0 aromatic heterocycles. The molecule has 1 aromatic carbocycles. The maximum Gasteiger partial charge on any atom is 0.0400 e. The molecule has 2 nitrogen and oxygen atoms in total. The Morgan fingerprint density at radius 3 is 2.57 bits per heavy atom. The maximum absolute atomic E-state index is 5.59. The van der Waals surface area contributed by atoms with Gasteiger partial charge >= 0.3 is 0 Å². The lowest BCUT2D eigenvalue weighted by atomic mass is 10.2. The molecule has 0 unspecified atom stereocenters. The normalized spacial score (nSPS) is 11.1. The van der Waals surface area contributed by atoms with Gasteiger partial charge in [0.05, 0.1) is 0 Å². The van der Waals surface area contributed by atoms with Crippen molar-refractivity contribution < 1.29 is 0 Å². The van der Waals surface area contributed by atoms with Crippen LogP contribution in [0.5, 0.6) is 0 Å². The van der Waals surface area contributed by atoms with Gasteiger partial charge in [0.15, 0.2) is 0 Å². The molecule has 0 fully saturated rings. The van der Waals surface area contributed by atoms with Gasteiger partial charge in [-0.3, -0.25) is 0 Å². The number of hydrogen-bond acceptors (Lipinski definition) is 2. The predicted octanol–water partition coefficient (Wildman–Crippen LogP) is 2.45. The minimum Gasteiger partial charge on any atom is -0.399 e. The lowest BCUT2D eigenvalue weighted by molar-refractivity contribution is 0.832. The largest absolute Gasteiger partial charge is 0.399 e. The lowest BCUT2D eigenvalue weighted by Gasteiger charge is -2.06. The van der Waals surface area contributed by atoms with Crippen LogP contribution < -0.4 is 11.1 Å². The van der Waals surface area contributed by atoms with Gasteiger partial charge in [-0.05, 0) is 30.7 Å². The van der Waals surface area contributed by atoms with E-state index in [2.05, 4.69) is 11.9 Å². The molecule has 0 amide bonds. The number of hydrogen-bond donors (Lipinski definition) is 2. The molecule has 14 heavy (non-hydrogen) atoms. The molecule has 74 valence electrons. The highest BCUT2D eigenvalue weighted by molar-refractivity contribution is 5.39. The third-order valence-corrected chi connectivity index (χ3v) is 2.01. The molecule has 0 aliphatic heterocycles. The highest BCUT2D eigenvalue weighted by atomic mass is 14.9. The Kier molecular flexibility index (Phi) is 3.80. The van der Waals surface area contributed by atoms with E-state index in [0.717, 1.165) is 17.9 Å². The number of nitrogens with two attached hydrogens (primary N) is 1. The van der Waals surface area contributed by atoms with Crippen molar-refractivity contribution in [3.05, 3.63) is 54.3 Å². The van der Waals surface area contributed by atoms with Gasteiger partial charge in [0.2, 0.25) is 0 Å². The Morgan fingerprint density at radius 2 is 2.07 bits per heavy atom. The highest BCUT2D eigenvalue weighted by Crippen LogP contribution is 2.05. The summed E-state index contributed by atoms with van der Waals surface area (Å²) in [7, 11) is 0. The van der Waals surface area contributed by atoms with Gasteiger partial charge in [-0.2, -0.15) is 0 Å². The van der Waals surface area contributed by atoms with Crippen molar-refractivity contribution >= 4 is 5.69 Å². The molecule has 0 bridgehead atoms. The van der Waals surface area contributed by atoms with E-state index in [0.29, 0.717) is 0 Å². The van der Waals surface area contributed by atoms with E-state index in [1.807, 2.05) is 37.3 Å². The van der Waals surface area contributed by atoms with Crippen LogP contribution in [-0.2, 0) is 6.54 Å². The smallest absolute Gasteiger partial charge is 0.0400 e. The summed E-state index contributed by atoms with van der Waals surface area (Å²) in [5, 5.41) is 3.26. The molecule has 1 aromatic rings. The Hall–Kier alpha value is -1.70. The zero-order valence-electron chi connectivity index (χ0n) is 8.46. The first kappa shape index (κ1) is 10.4. The fraction of sp³-hybridized carbons (Fsp3) is 0.167. The molecule has 0 spiro atoms. The van der Waals surface area contributed by atoms with Crippen LogP contribution in [0.25, 0.3) is 0 Å². The van der Waals surface area contributed by atoms with Gasteiger partial charge in [0, 0.05) is 17.9 Å². The number of rotatable bonds is 4. The molecule has 0 aliphatic rings. The molecule has 0 aliphatic carbocycles. The van der Waals surface area contributed by atoms with Crippen LogP contribution in [0.2, 0.25) is 0 Å². The monoisotopic (exact) mass is 188 g/mol. The first-order chi connectivity index (χ1) is 6.76. The maximum atomic E-state index is 5.59. The molecule has 0 heterocycles. The number of allylic oxidation sites excluding steroid dienone is 2. The minimum atomic E-state index is 0.795.